The molecule has 0 saturated heterocycles. The second kappa shape index (κ2) is 9.70. The number of ether oxygens (including phenoxy) is 1. The summed E-state index contributed by atoms with van der Waals surface area (Å²) in [6.45, 7) is 8.42. The molecule has 5 heteroatoms. The summed E-state index contributed by atoms with van der Waals surface area (Å²) in [5.41, 5.74) is 3.51. The fraction of sp³-hybridized carbons (Fsp3) is 0.381. The zero-order valence-electron chi connectivity index (χ0n) is 16.0. The predicted octanol–water partition coefficient (Wildman–Crippen LogP) is 3.57. The van der Waals surface area contributed by atoms with Gasteiger partial charge in [0.15, 0.2) is 17.5 Å². The van der Waals surface area contributed by atoms with Crippen molar-refractivity contribution in [2.75, 3.05) is 20.2 Å². The van der Waals surface area contributed by atoms with Crippen molar-refractivity contribution in [1.29, 1.82) is 0 Å². The average molecular weight is 355 g/mol. The number of phenolic OH excluding ortho intramolecular Hbond substituents is 1. The molecule has 0 spiro atoms. The zero-order valence-corrected chi connectivity index (χ0v) is 16.0. The van der Waals surface area contributed by atoms with E-state index in [4.69, 9.17) is 4.74 Å². The smallest absolute Gasteiger partial charge is 0.191 e. The highest BCUT2D eigenvalue weighted by Gasteiger charge is 2.07. The Morgan fingerprint density at radius 1 is 1.19 bits per heavy atom. The van der Waals surface area contributed by atoms with Crippen LogP contribution >= 0.6 is 0 Å². The Hall–Kier alpha value is -2.69. The number of methoxy groups -OCH3 is 1. The van der Waals surface area contributed by atoms with Gasteiger partial charge in [-0.15, -0.1) is 0 Å². The van der Waals surface area contributed by atoms with Crippen molar-refractivity contribution >= 4 is 5.96 Å². The van der Waals surface area contributed by atoms with E-state index in [2.05, 4.69) is 53.7 Å². The SMILES string of the molecule is CCNC(=NCc1ccc(OC)c(O)c1)NCC(C)c1cccc(C)c1. The largest absolute Gasteiger partial charge is 0.504 e. The van der Waals surface area contributed by atoms with Crippen LogP contribution in [0.2, 0.25) is 0 Å². The fourth-order valence-electron chi connectivity index (χ4n) is 2.69. The quantitative estimate of drug-likeness (QED) is 0.525. The lowest BCUT2D eigenvalue weighted by atomic mass is 9.99. The summed E-state index contributed by atoms with van der Waals surface area (Å²) < 4.78 is 5.07. The van der Waals surface area contributed by atoms with Gasteiger partial charge in [0.05, 0.1) is 13.7 Å². The van der Waals surface area contributed by atoms with Crippen molar-refractivity contribution in [3.05, 3.63) is 59.2 Å². The Labute approximate surface area is 156 Å². The van der Waals surface area contributed by atoms with Crippen LogP contribution in [-0.2, 0) is 6.54 Å². The molecule has 0 aliphatic rings. The van der Waals surface area contributed by atoms with E-state index in [1.165, 1.54) is 18.2 Å². The van der Waals surface area contributed by atoms with E-state index < -0.39 is 0 Å². The Morgan fingerprint density at radius 3 is 2.65 bits per heavy atom. The molecule has 0 saturated carbocycles. The van der Waals surface area contributed by atoms with Gasteiger partial charge in [0.1, 0.15) is 0 Å². The van der Waals surface area contributed by atoms with Crippen LogP contribution in [0.4, 0.5) is 0 Å². The summed E-state index contributed by atoms with van der Waals surface area (Å²) in [6, 6.07) is 13.9. The van der Waals surface area contributed by atoms with Crippen molar-refractivity contribution in [3.8, 4) is 11.5 Å². The van der Waals surface area contributed by atoms with Gasteiger partial charge in [-0.2, -0.15) is 0 Å². The Kier molecular flexibility index (Phi) is 7.33. The monoisotopic (exact) mass is 355 g/mol. The van der Waals surface area contributed by atoms with Gasteiger partial charge in [-0.05, 0) is 43.0 Å². The van der Waals surface area contributed by atoms with Gasteiger partial charge in [-0.3, -0.25) is 0 Å². The van der Waals surface area contributed by atoms with Crippen molar-refractivity contribution in [2.45, 2.75) is 33.2 Å². The number of aliphatic imine (C=N–C) groups is 1. The second-order valence-electron chi connectivity index (χ2n) is 6.40. The lowest BCUT2D eigenvalue weighted by Crippen LogP contribution is -2.39. The number of benzene rings is 2. The number of nitrogens with one attached hydrogen (secondary N) is 2. The number of guanidine groups is 1. The number of rotatable bonds is 7. The molecule has 2 aromatic rings. The molecule has 0 bridgehead atoms. The minimum atomic E-state index is 0.131. The molecule has 2 rings (SSSR count). The summed E-state index contributed by atoms with van der Waals surface area (Å²) in [6.07, 6.45) is 0. The lowest BCUT2D eigenvalue weighted by Gasteiger charge is -2.16. The molecule has 3 N–H and O–H groups in total. The molecule has 26 heavy (non-hydrogen) atoms. The molecule has 140 valence electrons. The summed E-state index contributed by atoms with van der Waals surface area (Å²) >= 11 is 0. The van der Waals surface area contributed by atoms with Gasteiger partial charge in [0, 0.05) is 13.1 Å². The standard InChI is InChI=1S/C21H29N3O2/c1-5-22-21(23-13-16(3)18-8-6-7-15(2)11-18)24-14-17-9-10-20(26-4)19(25)12-17/h6-12,16,25H,5,13-14H2,1-4H3,(H2,22,23,24). The molecule has 2 aromatic carbocycles. The average Bonchev–Trinajstić information content (AvgIpc) is 2.64. The molecule has 1 atom stereocenters. The highest BCUT2D eigenvalue weighted by molar-refractivity contribution is 5.79. The number of hydrogen-bond acceptors (Lipinski definition) is 3. The normalized spacial score (nSPS) is 12.5. The zero-order chi connectivity index (χ0) is 18.9. The third kappa shape index (κ3) is 5.69. The first kappa shape index (κ1) is 19.6. The maximum absolute atomic E-state index is 9.88. The van der Waals surface area contributed by atoms with E-state index in [1.54, 1.807) is 12.1 Å². The Balaban J connectivity index is 1.99. The maximum atomic E-state index is 9.88. The van der Waals surface area contributed by atoms with Crippen LogP contribution in [0.3, 0.4) is 0 Å². The first-order chi connectivity index (χ1) is 12.5. The van der Waals surface area contributed by atoms with Crippen LogP contribution in [0.1, 0.15) is 36.5 Å². The molecule has 5 nitrogen and oxygen atoms in total. The van der Waals surface area contributed by atoms with Crippen LogP contribution in [0.5, 0.6) is 11.5 Å². The topological polar surface area (TPSA) is 65.9 Å². The molecular formula is C21H29N3O2. The highest BCUT2D eigenvalue weighted by atomic mass is 16.5. The van der Waals surface area contributed by atoms with Gasteiger partial charge in [-0.25, -0.2) is 4.99 Å². The van der Waals surface area contributed by atoms with Crippen LogP contribution in [0, 0.1) is 6.92 Å². The molecule has 0 aliphatic heterocycles. The summed E-state index contributed by atoms with van der Waals surface area (Å²) in [5, 5.41) is 16.5. The van der Waals surface area contributed by atoms with Crippen molar-refractivity contribution in [3.63, 3.8) is 0 Å². The minimum absolute atomic E-state index is 0.131. The number of nitrogens with zero attached hydrogens (tertiary/aromatic N) is 1. The number of phenols is 1. The second-order valence-corrected chi connectivity index (χ2v) is 6.40. The van der Waals surface area contributed by atoms with E-state index in [0.29, 0.717) is 18.2 Å². The fourth-order valence-corrected chi connectivity index (χ4v) is 2.69. The summed E-state index contributed by atoms with van der Waals surface area (Å²) in [4.78, 5) is 4.61. The van der Waals surface area contributed by atoms with Gasteiger partial charge >= 0.3 is 0 Å². The first-order valence-electron chi connectivity index (χ1n) is 8.98. The predicted molar refractivity (Wildman–Crippen MR) is 107 cm³/mol. The van der Waals surface area contributed by atoms with Gasteiger partial charge in [-0.1, -0.05) is 42.8 Å². The van der Waals surface area contributed by atoms with E-state index in [0.717, 1.165) is 24.6 Å². The molecule has 0 fully saturated rings. The molecule has 1 unspecified atom stereocenters. The molecule has 0 heterocycles. The number of hydrogen-bond donors (Lipinski definition) is 3. The van der Waals surface area contributed by atoms with E-state index in [9.17, 15) is 5.11 Å². The van der Waals surface area contributed by atoms with Crippen molar-refractivity contribution in [1.82, 2.24) is 10.6 Å². The van der Waals surface area contributed by atoms with Gasteiger partial charge < -0.3 is 20.5 Å². The van der Waals surface area contributed by atoms with E-state index in [-0.39, 0.29) is 5.75 Å². The van der Waals surface area contributed by atoms with Gasteiger partial charge in [0.25, 0.3) is 0 Å². The van der Waals surface area contributed by atoms with Crippen LogP contribution < -0.4 is 15.4 Å². The van der Waals surface area contributed by atoms with Crippen LogP contribution in [0.15, 0.2) is 47.5 Å². The van der Waals surface area contributed by atoms with Crippen LogP contribution in [-0.4, -0.2) is 31.3 Å². The minimum Gasteiger partial charge on any atom is -0.504 e. The third-order valence-corrected chi connectivity index (χ3v) is 4.19. The number of aromatic hydroxyl groups is 1. The first-order valence-corrected chi connectivity index (χ1v) is 8.98. The maximum Gasteiger partial charge on any atom is 0.191 e. The Bertz CT molecular complexity index is 744. The highest BCUT2D eigenvalue weighted by Crippen LogP contribution is 2.26. The van der Waals surface area contributed by atoms with Crippen molar-refractivity contribution < 1.29 is 9.84 Å². The lowest BCUT2D eigenvalue weighted by molar-refractivity contribution is 0.373. The molecule has 0 amide bonds. The molecule has 0 radical (unpaired) electrons. The van der Waals surface area contributed by atoms with Crippen LogP contribution in [0.25, 0.3) is 0 Å². The van der Waals surface area contributed by atoms with Gasteiger partial charge in [0.2, 0.25) is 0 Å². The van der Waals surface area contributed by atoms with Crippen molar-refractivity contribution in [2.24, 2.45) is 4.99 Å². The molecule has 0 aromatic heterocycles. The van der Waals surface area contributed by atoms with E-state index in [1.807, 2.05) is 13.0 Å². The molecule has 0 aliphatic carbocycles. The summed E-state index contributed by atoms with van der Waals surface area (Å²) in [5.74, 6) is 1.74. The number of aryl methyl sites for hydroxylation is 1. The Morgan fingerprint density at radius 2 is 2.00 bits per heavy atom. The van der Waals surface area contributed by atoms with E-state index >= 15 is 0 Å². The molecular weight excluding hydrogens is 326 g/mol. The summed E-state index contributed by atoms with van der Waals surface area (Å²) in [7, 11) is 1.54. The third-order valence-electron chi connectivity index (χ3n) is 4.19.